The van der Waals surface area contributed by atoms with E-state index in [1.807, 2.05) is 0 Å². The highest BCUT2D eigenvalue weighted by Gasteiger charge is 2.35. The number of hydrogen-bond donors (Lipinski definition) is 2. The van der Waals surface area contributed by atoms with Gasteiger partial charge in [-0.05, 0) is 6.07 Å². The van der Waals surface area contributed by atoms with Crippen LogP contribution in [0.25, 0.3) is 0 Å². The average Bonchev–Trinajstić information content (AvgIpc) is 3.96. The van der Waals surface area contributed by atoms with Crippen molar-refractivity contribution in [2.24, 2.45) is 0 Å². The van der Waals surface area contributed by atoms with Crippen molar-refractivity contribution in [1.29, 1.82) is 0 Å². The molecule has 2 aliphatic heterocycles. The SMILES string of the molecule is O=C([C@H](CO)c1ccccc1F)N1Cc2cn(S(=O)(=O)c3cnn(CCC(F)(F)F)c3)nc2C1.O=S(=O)(c1cnn(CCC(F)(F)F)c1)n1cc2c(n1)CNC2. The van der Waals surface area contributed by atoms with Gasteiger partial charge in [-0.1, -0.05) is 18.2 Å². The fourth-order valence-electron chi connectivity index (χ4n) is 5.75. The first-order valence-corrected chi connectivity index (χ1v) is 19.3. The second-order valence-corrected chi connectivity index (χ2v) is 16.2. The molecule has 6 heterocycles. The molecule has 0 saturated carbocycles. The molecular formula is C31H31F7N10O6S2. The van der Waals surface area contributed by atoms with Gasteiger partial charge in [0.15, 0.2) is 0 Å². The van der Waals surface area contributed by atoms with Gasteiger partial charge in [0.2, 0.25) is 5.91 Å². The molecule has 2 aliphatic rings. The number of halogens is 7. The highest BCUT2D eigenvalue weighted by Crippen LogP contribution is 2.29. The number of amides is 1. The molecule has 0 saturated heterocycles. The molecule has 0 fully saturated rings. The van der Waals surface area contributed by atoms with Crippen molar-refractivity contribution in [2.75, 3.05) is 6.61 Å². The molecular weight excluding hydrogens is 806 g/mol. The molecule has 1 amide bonds. The van der Waals surface area contributed by atoms with Crippen molar-refractivity contribution in [3.05, 3.63) is 95.3 Å². The molecule has 2 N–H and O–H groups in total. The van der Waals surface area contributed by atoms with Gasteiger partial charge in [0.25, 0.3) is 20.0 Å². The summed E-state index contributed by atoms with van der Waals surface area (Å²) in [4.78, 5) is 13.7. The van der Waals surface area contributed by atoms with Crippen LogP contribution >= 0.6 is 0 Å². The van der Waals surface area contributed by atoms with Gasteiger partial charge in [0.05, 0.1) is 55.7 Å². The summed E-state index contributed by atoms with van der Waals surface area (Å²) < 4.78 is 141. The molecule has 5 aromatic rings. The first-order chi connectivity index (χ1) is 26.2. The number of carbonyl (C=O) groups excluding carboxylic acids is 1. The van der Waals surface area contributed by atoms with E-state index in [2.05, 4.69) is 25.7 Å². The van der Waals surface area contributed by atoms with Crippen LogP contribution in [0.2, 0.25) is 0 Å². The number of alkyl halides is 6. The number of aliphatic hydroxyl groups excluding tert-OH is 1. The van der Waals surface area contributed by atoms with Crippen molar-refractivity contribution in [3.63, 3.8) is 0 Å². The van der Waals surface area contributed by atoms with Crippen LogP contribution in [0.15, 0.2) is 71.2 Å². The predicted octanol–water partition coefficient (Wildman–Crippen LogP) is 2.90. The smallest absolute Gasteiger partial charge is 0.390 e. The van der Waals surface area contributed by atoms with Gasteiger partial charge in [-0.2, -0.15) is 71.7 Å². The summed E-state index contributed by atoms with van der Waals surface area (Å²) in [6.07, 6.45) is -4.31. The summed E-state index contributed by atoms with van der Waals surface area (Å²) in [5.74, 6) is -2.28. The lowest BCUT2D eigenvalue weighted by atomic mass is 9.98. The maximum Gasteiger partial charge on any atom is 0.390 e. The summed E-state index contributed by atoms with van der Waals surface area (Å²) in [6.45, 7) is -0.594. The van der Waals surface area contributed by atoms with Crippen molar-refractivity contribution >= 4 is 26.0 Å². The van der Waals surface area contributed by atoms with E-state index in [9.17, 15) is 57.5 Å². The van der Waals surface area contributed by atoms with Crippen molar-refractivity contribution in [3.8, 4) is 0 Å². The van der Waals surface area contributed by atoms with E-state index >= 15 is 0 Å². The molecule has 0 aliphatic carbocycles. The minimum Gasteiger partial charge on any atom is -0.395 e. The van der Waals surface area contributed by atoms with Gasteiger partial charge in [-0.15, -0.1) is 0 Å². The zero-order valence-corrected chi connectivity index (χ0v) is 30.3. The third-order valence-corrected chi connectivity index (χ3v) is 11.6. The Morgan fingerprint density at radius 3 is 1.80 bits per heavy atom. The number of nitrogens with zero attached hydrogens (tertiary/aromatic N) is 9. The highest BCUT2D eigenvalue weighted by molar-refractivity contribution is 7.90. The van der Waals surface area contributed by atoms with Gasteiger partial charge in [0.1, 0.15) is 15.6 Å². The molecule has 0 unspecified atom stereocenters. The Morgan fingerprint density at radius 2 is 1.30 bits per heavy atom. The minimum atomic E-state index is -4.40. The third kappa shape index (κ3) is 8.94. The number of carbonyl (C=O) groups is 1. The van der Waals surface area contributed by atoms with Crippen LogP contribution in [-0.4, -0.2) is 89.6 Å². The topological polar surface area (TPSA) is 192 Å². The number of fused-ring (bicyclic) bond motifs is 2. The van der Waals surface area contributed by atoms with Gasteiger partial charge in [-0.25, -0.2) is 4.39 Å². The first kappa shape index (κ1) is 40.5. The summed E-state index contributed by atoms with van der Waals surface area (Å²) in [7, 11) is -8.15. The molecule has 302 valence electrons. The van der Waals surface area contributed by atoms with E-state index in [0.29, 0.717) is 34.1 Å². The average molecular weight is 837 g/mol. The Bertz CT molecular complexity index is 2390. The number of aromatic nitrogens is 8. The monoisotopic (exact) mass is 836 g/mol. The van der Waals surface area contributed by atoms with Crippen LogP contribution in [0.1, 0.15) is 46.8 Å². The Kier molecular flexibility index (Phi) is 11.2. The van der Waals surface area contributed by atoms with Gasteiger partial charge >= 0.3 is 12.4 Å². The number of aryl methyl sites for hydroxylation is 2. The molecule has 0 spiro atoms. The van der Waals surface area contributed by atoms with E-state index in [-0.39, 0.29) is 28.4 Å². The van der Waals surface area contributed by atoms with E-state index in [0.717, 1.165) is 43.8 Å². The van der Waals surface area contributed by atoms with Crippen molar-refractivity contribution in [2.45, 2.75) is 80.2 Å². The summed E-state index contributed by atoms with van der Waals surface area (Å²) in [5, 5.41) is 28.0. The quantitative estimate of drug-likeness (QED) is 0.186. The molecule has 16 nitrogen and oxygen atoms in total. The highest BCUT2D eigenvalue weighted by atomic mass is 32.2. The van der Waals surface area contributed by atoms with Crippen molar-refractivity contribution in [1.82, 2.24) is 48.1 Å². The normalized spacial score (nSPS) is 15.0. The number of aliphatic hydroxyl groups is 1. The summed E-state index contributed by atoms with van der Waals surface area (Å²) >= 11 is 0. The first-order valence-electron chi connectivity index (χ1n) is 16.4. The standard InChI is InChI=1S/C20H19F4N5O4S.C11H12F3N5O2S/c21-17-4-2-1-3-15(17)16(12-30)19(31)27-8-13-9-29(26-18(13)11-27)34(32,33)14-7-25-28(10-14)6-5-20(22,23)24;12-11(13,14)1-2-18-7-9(4-16-18)22(20,21)19-6-8-3-15-5-10(8)17-19/h1-4,7,9-10,16,30H,5-6,8,11-12H2;4,6-7,15H,1-3,5H2/t16-;/m1./s1. The Morgan fingerprint density at radius 1 is 0.768 bits per heavy atom. The maximum atomic E-state index is 14.1. The lowest BCUT2D eigenvalue weighted by Gasteiger charge is -2.22. The van der Waals surface area contributed by atoms with Crippen LogP contribution in [-0.2, 0) is 64.1 Å². The second kappa shape index (κ2) is 15.4. The van der Waals surface area contributed by atoms with Crippen molar-refractivity contribution < 1.29 is 57.5 Å². The summed E-state index contributed by atoms with van der Waals surface area (Å²) in [6, 6.07) is 5.61. The Hall–Kier alpha value is -5.14. The molecule has 0 bridgehead atoms. The Balaban J connectivity index is 0.000000208. The molecule has 0 radical (unpaired) electrons. The molecule has 1 aromatic carbocycles. The third-order valence-electron chi connectivity index (χ3n) is 8.65. The van der Waals surface area contributed by atoms with Crippen LogP contribution in [0.5, 0.6) is 0 Å². The largest absolute Gasteiger partial charge is 0.395 e. The van der Waals surface area contributed by atoms with E-state index in [1.165, 1.54) is 35.5 Å². The number of nitrogens with one attached hydrogen (secondary N) is 1. The zero-order valence-electron chi connectivity index (χ0n) is 28.7. The van der Waals surface area contributed by atoms with Crippen LogP contribution < -0.4 is 5.32 Å². The number of rotatable bonds is 11. The fraction of sp³-hybridized carbons (Fsp3) is 0.387. The zero-order chi connectivity index (χ0) is 40.6. The Labute approximate surface area is 313 Å². The minimum absolute atomic E-state index is 0.000512. The van der Waals surface area contributed by atoms with Crippen LogP contribution in [0.3, 0.4) is 0 Å². The number of hydrogen-bond acceptors (Lipinski definition) is 11. The predicted molar refractivity (Wildman–Crippen MR) is 176 cm³/mol. The maximum absolute atomic E-state index is 14.1. The van der Waals surface area contributed by atoms with Gasteiger partial charge < -0.3 is 15.3 Å². The molecule has 7 rings (SSSR count). The van der Waals surface area contributed by atoms with E-state index in [4.69, 9.17) is 0 Å². The fourth-order valence-corrected chi connectivity index (χ4v) is 7.99. The molecule has 25 heteroatoms. The van der Waals surface area contributed by atoms with Gasteiger partial charge in [-0.3, -0.25) is 14.2 Å². The summed E-state index contributed by atoms with van der Waals surface area (Å²) in [5.41, 5.74) is 2.22. The second-order valence-electron chi connectivity index (χ2n) is 12.6. The van der Waals surface area contributed by atoms with E-state index < -0.39 is 82.6 Å². The van der Waals surface area contributed by atoms with Crippen LogP contribution in [0, 0.1) is 5.82 Å². The molecule has 4 aromatic heterocycles. The van der Waals surface area contributed by atoms with E-state index in [1.54, 1.807) is 6.07 Å². The lowest BCUT2D eigenvalue weighted by Crippen LogP contribution is -2.33. The number of benzene rings is 1. The lowest BCUT2D eigenvalue weighted by molar-refractivity contribution is -0.138. The molecule has 1 atom stereocenters. The molecule has 56 heavy (non-hydrogen) atoms. The van der Waals surface area contributed by atoms with Crippen LogP contribution in [0.4, 0.5) is 30.7 Å². The van der Waals surface area contributed by atoms with Gasteiger partial charge in [0, 0.05) is 74.2 Å².